The highest BCUT2D eigenvalue weighted by Gasteiger charge is 2.32. The van der Waals surface area contributed by atoms with E-state index in [4.69, 9.17) is 21.1 Å². The molecule has 1 heterocycles. The molecule has 1 aromatic rings. The van der Waals surface area contributed by atoms with E-state index in [1.54, 1.807) is 0 Å². The Bertz CT molecular complexity index is 618. The van der Waals surface area contributed by atoms with Crippen LogP contribution in [0.15, 0.2) is 17.0 Å². The first-order valence-electron chi connectivity index (χ1n) is 6.81. The number of nitrogens with zero attached hydrogens (tertiary/aromatic N) is 1. The number of rotatable bonds is 4. The minimum absolute atomic E-state index is 0.0975. The van der Waals surface area contributed by atoms with Gasteiger partial charge in [0.05, 0.1) is 19.2 Å². The average Bonchev–Trinajstić information content (AvgIpc) is 2.46. The molecule has 1 atom stereocenters. The molecule has 0 unspecified atom stereocenters. The van der Waals surface area contributed by atoms with Crippen LogP contribution in [0, 0.1) is 5.92 Å². The molecule has 0 spiro atoms. The first-order valence-corrected chi connectivity index (χ1v) is 8.63. The van der Waals surface area contributed by atoms with Crippen molar-refractivity contribution in [3.8, 4) is 11.5 Å². The molecule has 0 N–H and O–H groups in total. The van der Waals surface area contributed by atoms with Crippen LogP contribution < -0.4 is 9.47 Å². The van der Waals surface area contributed by atoms with Crippen molar-refractivity contribution in [1.82, 2.24) is 4.31 Å². The van der Waals surface area contributed by atoms with Gasteiger partial charge in [-0.1, -0.05) is 18.5 Å². The predicted molar refractivity (Wildman–Crippen MR) is 81.7 cm³/mol. The lowest BCUT2D eigenvalue weighted by Gasteiger charge is -2.30. The second-order valence-electron chi connectivity index (χ2n) is 5.25. The van der Waals surface area contributed by atoms with Crippen LogP contribution in [-0.2, 0) is 10.0 Å². The van der Waals surface area contributed by atoms with Gasteiger partial charge in [-0.3, -0.25) is 0 Å². The molecule has 1 aromatic carbocycles. The Morgan fingerprint density at radius 2 is 1.90 bits per heavy atom. The lowest BCUT2D eigenvalue weighted by molar-refractivity contribution is 0.280. The average molecular weight is 334 g/mol. The Hall–Kier alpha value is -0.980. The Morgan fingerprint density at radius 3 is 2.48 bits per heavy atom. The zero-order chi connectivity index (χ0) is 15.6. The highest BCUT2D eigenvalue weighted by atomic mass is 35.5. The number of methoxy groups -OCH3 is 2. The summed E-state index contributed by atoms with van der Waals surface area (Å²) in [5.41, 5.74) is 0. The van der Waals surface area contributed by atoms with E-state index in [-0.39, 0.29) is 10.6 Å². The molecule has 0 aliphatic carbocycles. The molecule has 0 saturated carbocycles. The van der Waals surface area contributed by atoms with Crippen LogP contribution in [0.2, 0.25) is 5.02 Å². The van der Waals surface area contributed by atoms with E-state index in [9.17, 15) is 8.42 Å². The molecular weight excluding hydrogens is 314 g/mol. The molecule has 1 fully saturated rings. The van der Waals surface area contributed by atoms with Crippen molar-refractivity contribution >= 4 is 21.6 Å². The highest BCUT2D eigenvalue weighted by molar-refractivity contribution is 7.89. The topological polar surface area (TPSA) is 55.8 Å². The van der Waals surface area contributed by atoms with Crippen LogP contribution >= 0.6 is 11.6 Å². The van der Waals surface area contributed by atoms with Gasteiger partial charge in [0, 0.05) is 25.2 Å². The van der Waals surface area contributed by atoms with Crippen LogP contribution in [0.25, 0.3) is 0 Å². The third-order valence-corrected chi connectivity index (χ3v) is 5.86. The minimum atomic E-state index is -3.62. The number of hydrogen-bond donors (Lipinski definition) is 0. The van der Waals surface area contributed by atoms with Gasteiger partial charge in [-0.2, -0.15) is 4.31 Å². The fraction of sp³-hybridized carbons (Fsp3) is 0.571. The van der Waals surface area contributed by atoms with Gasteiger partial charge in [0.1, 0.15) is 16.4 Å². The molecule has 118 valence electrons. The fourth-order valence-electron chi connectivity index (χ4n) is 2.54. The quantitative estimate of drug-likeness (QED) is 0.850. The van der Waals surface area contributed by atoms with Gasteiger partial charge in [0.2, 0.25) is 10.0 Å². The Labute approximate surface area is 130 Å². The van der Waals surface area contributed by atoms with Crippen molar-refractivity contribution in [3.05, 3.63) is 17.2 Å². The van der Waals surface area contributed by atoms with E-state index in [1.165, 1.54) is 30.7 Å². The summed E-state index contributed by atoms with van der Waals surface area (Å²) in [7, 11) is -0.739. The zero-order valence-electron chi connectivity index (χ0n) is 12.4. The lowest BCUT2D eigenvalue weighted by Crippen LogP contribution is -2.39. The van der Waals surface area contributed by atoms with E-state index in [0.29, 0.717) is 29.8 Å². The molecule has 1 aliphatic rings. The van der Waals surface area contributed by atoms with Crippen molar-refractivity contribution < 1.29 is 17.9 Å². The van der Waals surface area contributed by atoms with Crippen LogP contribution in [-0.4, -0.2) is 40.0 Å². The van der Waals surface area contributed by atoms with Gasteiger partial charge in [0.15, 0.2) is 0 Å². The van der Waals surface area contributed by atoms with Crippen molar-refractivity contribution in [2.24, 2.45) is 5.92 Å². The number of hydrogen-bond acceptors (Lipinski definition) is 4. The molecule has 7 heteroatoms. The van der Waals surface area contributed by atoms with E-state index in [2.05, 4.69) is 6.92 Å². The first kappa shape index (κ1) is 16.4. The summed E-state index contributed by atoms with van der Waals surface area (Å²) in [6, 6.07) is 2.90. The first-order chi connectivity index (χ1) is 9.90. The largest absolute Gasteiger partial charge is 0.495 e. The van der Waals surface area contributed by atoms with Crippen LogP contribution in [0.1, 0.15) is 19.8 Å². The maximum Gasteiger partial charge on any atom is 0.246 e. The zero-order valence-corrected chi connectivity index (χ0v) is 14.0. The SMILES string of the molecule is COc1cc(S(=O)(=O)N2CCC[C@@H](C)C2)c(OC)cc1Cl. The second-order valence-corrected chi connectivity index (χ2v) is 7.56. The van der Waals surface area contributed by atoms with E-state index in [0.717, 1.165) is 12.8 Å². The summed E-state index contributed by atoms with van der Waals surface area (Å²) in [6.45, 7) is 3.11. The predicted octanol–water partition coefficient (Wildman–Crippen LogP) is 2.78. The summed E-state index contributed by atoms with van der Waals surface area (Å²) >= 11 is 6.03. The maximum absolute atomic E-state index is 12.8. The Morgan fingerprint density at radius 1 is 1.24 bits per heavy atom. The van der Waals surface area contributed by atoms with Gasteiger partial charge in [-0.05, 0) is 18.8 Å². The van der Waals surface area contributed by atoms with E-state index < -0.39 is 10.0 Å². The van der Waals surface area contributed by atoms with E-state index >= 15 is 0 Å². The van der Waals surface area contributed by atoms with Gasteiger partial charge < -0.3 is 9.47 Å². The number of ether oxygens (including phenoxy) is 2. The normalized spacial score (nSPS) is 20.3. The Kier molecular flexibility index (Phi) is 5.01. The molecule has 0 amide bonds. The van der Waals surface area contributed by atoms with E-state index in [1.807, 2.05) is 0 Å². The van der Waals surface area contributed by atoms with Gasteiger partial charge >= 0.3 is 0 Å². The molecule has 5 nitrogen and oxygen atoms in total. The molecule has 2 rings (SSSR count). The minimum Gasteiger partial charge on any atom is -0.495 e. The van der Waals surface area contributed by atoms with Crippen molar-refractivity contribution in [1.29, 1.82) is 0 Å². The number of piperidine rings is 1. The maximum atomic E-state index is 12.8. The number of benzene rings is 1. The molecule has 1 saturated heterocycles. The van der Waals surface area contributed by atoms with Crippen molar-refractivity contribution in [3.63, 3.8) is 0 Å². The molecule has 0 bridgehead atoms. The van der Waals surface area contributed by atoms with Crippen LogP contribution in [0.4, 0.5) is 0 Å². The second kappa shape index (κ2) is 6.42. The third kappa shape index (κ3) is 3.27. The van der Waals surface area contributed by atoms with Crippen LogP contribution in [0.3, 0.4) is 0 Å². The fourth-order valence-corrected chi connectivity index (χ4v) is 4.52. The summed E-state index contributed by atoms with van der Waals surface area (Å²) < 4.78 is 37.5. The molecule has 0 aromatic heterocycles. The smallest absolute Gasteiger partial charge is 0.246 e. The summed E-state index contributed by atoms with van der Waals surface area (Å²) in [5.74, 6) is 0.911. The summed E-state index contributed by atoms with van der Waals surface area (Å²) in [5, 5.41) is 0.320. The number of halogens is 1. The molecular formula is C14H20ClNO4S. The molecule has 21 heavy (non-hydrogen) atoms. The monoisotopic (exact) mass is 333 g/mol. The van der Waals surface area contributed by atoms with Gasteiger partial charge in [-0.25, -0.2) is 8.42 Å². The lowest BCUT2D eigenvalue weighted by atomic mass is 10.0. The van der Waals surface area contributed by atoms with Crippen molar-refractivity contribution in [2.75, 3.05) is 27.3 Å². The standard InChI is InChI=1S/C14H20ClNO4S/c1-10-5-4-6-16(9-10)21(17,18)14-8-12(19-2)11(15)7-13(14)20-3/h7-8,10H,4-6,9H2,1-3H3/t10-/m1/s1. The summed E-state index contributed by atoms with van der Waals surface area (Å²) in [4.78, 5) is 0.0975. The highest BCUT2D eigenvalue weighted by Crippen LogP contribution is 2.37. The molecule has 1 aliphatic heterocycles. The molecule has 0 radical (unpaired) electrons. The van der Waals surface area contributed by atoms with Crippen molar-refractivity contribution in [2.45, 2.75) is 24.7 Å². The third-order valence-electron chi connectivity index (χ3n) is 3.68. The number of sulfonamides is 1. The van der Waals surface area contributed by atoms with Gasteiger partial charge in [0.25, 0.3) is 0 Å². The Balaban J connectivity index is 2.48. The van der Waals surface area contributed by atoms with Crippen LogP contribution in [0.5, 0.6) is 11.5 Å². The van der Waals surface area contributed by atoms with Gasteiger partial charge in [-0.15, -0.1) is 0 Å². The summed E-state index contributed by atoms with van der Waals surface area (Å²) in [6.07, 6.45) is 1.92.